The molecule has 1 heterocycles. The third-order valence-corrected chi connectivity index (χ3v) is 3.48. The molecule has 0 bridgehead atoms. The van der Waals surface area contributed by atoms with E-state index in [4.69, 9.17) is 5.73 Å². The maximum atomic E-state index is 12.4. The van der Waals surface area contributed by atoms with Crippen molar-refractivity contribution in [3.8, 4) is 5.75 Å². The molecule has 5 nitrogen and oxygen atoms in total. The van der Waals surface area contributed by atoms with Gasteiger partial charge in [0.25, 0.3) is 5.91 Å². The fourth-order valence-electron chi connectivity index (χ4n) is 2.45. The van der Waals surface area contributed by atoms with Crippen molar-refractivity contribution < 1.29 is 14.7 Å². The fraction of sp³-hybridized carbons (Fsp3) is 0.429. The molecule has 1 aliphatic rings. The number of aryl methyl sites for hydroxylation is 1. The molecule has 102 valence electrons. The molecule has 1 aromatic carbocycles. The molecule has 0 spiro atoms. The number of likely N-dealkylation sites (tertiary alicyclic amines) is 1. The predicted octanol–water partition coefficient (Wildman–Crippen LogP) is 1.18. The summed E-state index contributed by atoms with van der Waals surface area (Å²) >= 11 is 0. The summed E-state index contributed by atoms with van der Waals surface area (Å²) in [6, 6.07) is 4.31. The Hall–Kier alpha value is -2.04. The molecule has 1 unspecified atom stereocenters. The van der Waals surface area contributed by atoms with E-state index < -0.39 is 11.9 Å². The molecule has 1 atom stereocenters. The number of primary amides is 1. The van der Waals surface area contributed by atoms with Gasteiger partial charge in [-0.15, -0.1) is 0 Å². The third-order valence-electron chi connectivity index (χ3n) is 3.48. The van der Waals surface area contributed by atoms with E-state index in [1.165, 1.54) is 11.0 Å². The Morgan fingerprint density at radius 1 is 1.37 bits per heavy atom. The Morgan fingerprint density at radius 3 is 2.74 bits per heavy atom. The lowest BCUT2D eigenvalue weighted by atomic mass is 10.00. The Kier molecular flexibility index (Phi) is 3.74. The van der Waals surface area contributed by atoms with E-state index in [-0.39, 0.29) is 17.2 Å². The van der Waals surface area contributed by atoms with Crippen LogP contribution < -0.4 is 5.73 Å². The molecule has 0 radical (unpaired) electrons. The van der Waals surface area contributed by atoms with Crippen molar-refractivity contribution in [2.75, 3.05) is 6.54 Å². The summed E-state index contributed by atoms with van der Waals surface area (Å²) in [5, 5.41) is 9.85. The number of carbonyl (C=O) groups is 2. The molecule has 1 fully saturated rings. The number of phenolic OH excluding ortho intramolecular Hbond substituents is 1. The largest absolute Gasteiger partial charge is 0.507 e. The normalized spacial score (nSPS) is 19.2. The molecule has 1 aliphatic heterocycles. The molecule has 1 saturated heterocycles. The molecule has 0 saturated carbocycles. The second-order valence-electron chi connectivity index (χ2n) is 4.93. The lowest BCUT2D eigenvalue weighted by molar-refractivity contribution is -0.123. The summed E-state index contributed by atoms with van der Waals surface area (Å²) in [5.41, 5.74) is 6.44. The van der Waals surface area contributed by atoms with E-state index in [1.807, 2.05) is 6.92 Å². The lowest BCUT2D eigenvalue weighted by Gasteiger charge is -2.33. The highest BCUT2D eigenvalue weighted by molar-refractivity contribution is 5.99. The van der Waals surface area contributed by atoms with Gasteiger partial charge in [0, 0.05) is 6.54 Å². The van der Waals surface area contributed by atoms with Gasteiger partial charge < -0.3 is 15.7 Å². The van der Waals surface area contributed by atoms with Crippen LogP contribution in [0.25, 0.3) is 0 Å². The third kappa shape index (κ3) is 2.70. The second kappa shape index (κ2) is 5.30. The number of carbonyl (C=O) groups excluding carboxylic acids is 2. The summed E-state index contributed by atoms with van der Waals surface area (Å²) in [4.78, 5) is 25.3. The molecule has 3 N–H and O–H groups in total. The molecule has 19 heavy (non-hydrogen) atoms. The first-order chi connectivity index (χ1) is 9.00. The summed E-state index contributed by atoms with van der Waals surface area (Å²) in [6.07, 6.45) is 2.33. The van der Waals surface area contributed by atoms with Crippen molar-refractivity contribution in [1.29, 1.82) is 0 Å². The summed E-state index contributed by atoms with van der Waals surface area (Å²) in [7, 11) is 0. The first kappa shape index (κ1) is 13.4. The number of hydrogen-bond acceptors (Lipinski definition) is 3. The SMILES string of the molecule is Cc1ccc(C(=O)N2CCCCC2C(N)=O)c(O)c1. The second-order valence-corrected chi connectivity index (χ2v) is 4.93. The van der Waals surface area contributed by atoms with E-state index in [0.29, 0.717) is 13.0 Å². The lowest BCUT2D eigenvalue weighted by Crippen LogP contribution is -2.50. The van der Waals surface area contributed by atoms with Crippen molar-refractivity contribution in [3.63, 3.8) is 0 Å². The average Bonchev–Trinajstić information content (AvgIpc) is 2.38. The minimum absolute atomic E-state index is 0.0567. The van der Waals surface area contributed by atoms with Crippen LogP contribution in [0.2, 0.25) is 0 Å². The smallest absolute Gasteiger partial charge is 0.258 e. The number of aromatic hydroxyl groups is 1. The number of hydrogen-bond donors (Lipinski definition) is 2. The monoisotopic (exact) mass is 262 g/mol. The van der Waals surface area contributed by atoms with Gasteiger partial charge in [0.1, 0.15) is 11.8 Å². The number of amides is 2. The molecule has 0 aliphatic carbocycles. The summed E-state index contributed by atoms with van der Waals surface area (Å²) in [6.45, 7) is 2.33. The average molecular weight is 262 g/mol. The van der Waals surface area contributed by atoms with Crippen molar-refractivity contribution >= 4 is 11.8 Å². The molecule has 1 aromatic rings. The summed E-state index contributed by atoms with van der Waals surface area (Å²) in [5.74, 6) is -0.876. The Bertz CT molecular complexity index is 513. The Labute approximate surface area is 112 Å². The van der Waals surface area contributed by atoms with Gasteiger partial charge in [-0.1, -0.05) is 6.07 Å². The van der Waals surface area contributed by atoms with Gasteiger partial charge in [-0.05, 0) is 43.9 Å². The molecule has 2 amide bonds. The van der Waals surface area contributed by atoms with E-state index in [1.54, 1.807) is 12.1 Å². The van der Waals surface area contributed by atoms with Crippen LogP contribution in [0.5, 0.6) is 5.75 Å². The number of piperidine rings is 1. The van der Waals surface area contributed by atoms with Gasteiger partial charge in [0.05, 0.1) is 5.56 Å². The van der Waals surface area contributed by atoms with E-state index in [9.17, 15) is 14.7 Å². The van der Waals surface area contributed by atoms with Gasteiger partial charge in [-0.3, -0.25) is 9.59 Å². The maximum Gasteiger partial charge on any atom is 0.258 e. The van der Waals surface area contributed by atoms with E-state index in [0.717, 1.165) is 18.4 Å². The minimum Gasteiger partial charge on any atom is -0.507 e. The molecular formula is C14H18N2O3. The predicted molar refractivity (Wildman–Crippen MR) is 70.7 cm³/mol. The highest BCUT2D eigenvalue weighted by Crippen LogP contribution is 2.24. The van der Waals surface area contributed by atoms with Gasteiger partial charge in [-0.25, -0.2) is 0 Å². The highest BCUT2D eigenvalue weighted by atomic mass is 16.3. The number of nitrogens with two attached hydrogens (primary N) is 1. The Morgan fingerprint density at radius 2 is 2.11 bits per heavy atom. The van der Waals surface area contributed by atoms with Crippen LogP contribution in [0.4, 0.5) is 0 Å². The molecule has 2 rings (SSSR count). The zero-order chi connectivity index (χ0) is 14.0. The van der Waals surface area contributed by atoms with Crippen LogP contribution >= 0.6 is 0 Å². The van der Waals surface area contributed by atoms with Crippen molar-refractivity contribution in [3.05, 3.63) is 29.3 Å². The number of nitrogens with zero attached hydrogens (tertiary/aromatic N) is 1. The molecule has 0 aromatic heterocycles. The van der Waals surface area contributed by atoms with Crippen LogP contribution in [-0.4, -0.2) is 34.4 Å². The Balaban J connectivity index is 2.28. The van der Waals surface area contributed by atoms with Crippen molar-refractivity contribution in [2.24, 2.45) is 5.73 Å². The highest BCUT2D eigenvalue weighted by Gasteiger charge is 2.32. The van der Waals surface area contributed by atoms with E-state index in [2.05, 4.69) is 0 Å². The van der Waals surface area contributed by atoms with E-state index >= 15 is 0 Å². The van der Waals surface area contributed by atoms with Crippen molar-refractivity contribution in [2.45, 2.75) is 32.2 Å². The first-order valence-electron chi connectivity index (χ1n) is 6.40. The zero-order valence-electron chi connectivity index (χ0n) is 10.9. The topological polar surface area (TPSA) is 83.6 Å². The van der Waals surface area contributed by atoms with Crippen LogP contribution in [-0.2, 0) is 4.79 Å². The van der Waals surface area contributed by atoms with Gasteiger partial charge in [-0.2, -0.15) is 0 Å². The quantitative estimate of drug-likeness (QED) is 0.839. The standard InChI is InChI=1S/C14H18N2O3/c1-9-5-6-10(12(17)8-9)14(19)16-7-3-2-4-11(16)13(15)18/h5-6,8,11,17H,2-4,7H2,1H3,(H2,15,18). The fourth-order valence-corrected chi connectivity index (χ4v) is 2.45. The zero-order valence-corrected chi connectivity index (χ0v) is 10.9. The minimum atomic E-state index is -0.568. The van der Waals surface area contributed by atoms with Crippen LogP contribution in [0.1, 0.15) is 35.2 Å². The van der Waals surface area contributed by atoms with Gasteiger partial charge in [0.15, 0.2) is 0 Å². The van der Waals surface area contributed by atoms with Crippen LogP contribution in [0.15, 0.2) is 18.2 Å². The number of rotatable bonds is 2. The van der Waals surface area contributed by atoms with Crippen molar-refractivity contribution in [1.82, 2.24) is 4.90 Å². The van der Waals surface area contributed by atoms with Gasteiger partial charge in [0.2, 0.25) is 5.91 Å². The molecular weight excluding hydrogens is 244 g/mol. The molecule has 5 heteroatoms. The summed E-state index contributed by atoms with van der Waals surface area (Å²) < 4.78 is 0. The first-order valence-corrected chi connectivity index (χ1v) is 6.40. The van der Waals surface area contributed by atoms with Gasteiger partial charge >= 0.3 is 0 Å². The van der Waals surface area contributed by atoms with Crippen LogP contribution in [0, 0.1) is 6.92 Å². The number of phenols is 1. The number of benzene rings is 1. The van der Waals surface area contributed by atoms with Crippen LogP contribution in [0.3, 0.4) is 0 Å². The maximum absolute atomic E-state index is 12.4.